The van der Waals surface area contributed by atoms with Crippen LogP contribution in [0.5, 0.6) is 0 Å². The van der Waals surface area contributed by atoms with Crippen molar-refractivity contribution in [2.45, 2.75) is 18.1 Å². The molecule has 0 bridgehead atoms. The Hall–Kier alpha value is -1.44. The monoisotopic (exact) mass is 576 g/mol. The van der Waals surface area contributed by atoms with Crippen molar-refractivity contribution in [3.8, 4) is 0 Å². The second-order valence-electron chi connectivity index (χ2n) is 7.06. The molecule has 3 aromatic rings. The summed E-state index contributed by atoms with van der Waals surface area (Å²) in [5.74, 6) is 0. The summed E-state index contributed by atoms with van der Waals surface area (Å²) < 4.78 is 5.01. The third-order valence-corrected chi connectivity index (χ3v) is 60.8. The second kappa shape index (κ2) is 11.8. The van der Waals surface area contributed by atoms with Gasteiger partial charge in [-0.05, 0) is 0 Å². The first-order chi connectivity index (χ1) is 14.9. The first kappa shape index (κ1) is 21.8. The molecule has 0 saturated carbocycles. The standard InChI is InChI=1S/C27H27As3/c1-2-4-15-23-28(25-17-9-6-10-18-25)30(27-21-13-8-14-22-27)29(24-16-5-3-1)26-19-11-7-12-20-26/h1-4,6-15,17-23H,5,16,24H2/b3-1?,4-2?,23-15+. The van der Waals surface area contributed by atoms with Crippen LogP contribution in [-0.2, 0) is 0 Å². The van der Waals surface area contributed by atoms with Gasteiger partial charge in [-0.2, -0.15) is 0 Å². The van der Waals surface area contributed by atoms with Gasteiger partial charge in [-0.15, -0.1) is 0 Å². The van der Waals surface area contributed by atoms with Crippen LogP contribution in [0, 0.1) is 0 Å². The van der Waals surface area contributed by atoms with Crippen LogP contribution in [0.3, 0.4) is 0 Å². The number of allylic oxidation sites excluding steroid dienone is 5. The van der Waals surface area contributed by atoms with E-state index in [1.54, 1.807) is 13.1 Å². The number of benzene rings is 3. The van der Waals surface area contributed by atoms with Gasteiger partial charge in [0.05, 0.1) is 0 Å². The minimum absolute atomic E-state index is 1.20. The summed E-state index contributed by atoms with van der Waals surface area (Å²) in [5.41, 5.74) is 0. The van der Waals surface area contributed by atoms with Crippen molar-refractivity contribution >= 4 is 48.7 Å². The van der Waals surface area contributed by atoms with E-state index in [-0.39, 0.29) is 0 Å². The van der Waals surface area contributed by atoms with E-state index in [0.717, 1.165) is 0 Å². The summed E-state index contributed by atoms with van der Waals surface area (Å²) >= 11 is -2.54. The molecular formula is C27H27As3. The fraction of sp³-hybridized carbons (Fsp3) is 0.111. The van der Waals surface area contributed by atoms with E-state index in [2.05, 4.69) is 126 Å². The van der Waals surface area contributed by atoms with Gasteiger partial charge >= 0.3 is 193 Å². The van der Waals surface area contributed by atoms with Gasteiger partial charge in [0, 0.05) is 0 Å². The second-order valence-corrected chi connectivity index (χ2v) is 42.6. The van der Waals surface area contributed by atoms with Crippen LogP contribution in [0.4, 0.5) is 0 Å². The molecule has 0 spiro atoms. The van der Waals surface area contributed by atoms with Crippen LogP contribution in [0.2, 0.25) is 5.21 Å². The fourth-order valence-corrected chi connectivity index (χ4v) is 70.2. The molecule has 0 N–H and O–H groups in total. The molecule has 30 heavy (non-hydrogen) atoms. The van der Waals surface area contributed by atoms with Crippen LogP contribution in [-0.4, -0.2) is 35.7 Å². The fourth-order valence-electron chi connectivity index (χ4n) is 3.51. The predicted molar refractivity (Wildman–Crippen MR) is 137 cm³/mol. The topological polar surface area (TPSA) is 0 Å². The number of rotatable bonds is 3. The van der Waals surface area contributed by atoms with Crippen molar-refractivity contribution in [2.24, 2.45) is 0 Å². The molecule has 150 valence electrons. The average Bonchev–Trinajstić information content (AvgIpc) is 2.81. The van der Waals surface area contributed by atoms with Crippen LogP contribution >= 0.6 is 0 Å². The minimum atomic E-state index is -1.35. The predicted octanol–water partition coefficient (Wildman–Crippen LogP) is 4.35. The Morgan fingerprint density at radius 2 is 1.10 bits per heavy atom. The van der Waals surface area contributed by atoms with Crippen molar-refractivity contribution in [1.82, 2.24) is 0 Å². The van der Waals surface area contributed by atoms with Gasteiger partial charge in [0.2, 0.25) is 0 Å². The Kier molecular flexibility index (Phi) is 8.58. The molecule has 3 heteroatoms. The van der Waals surface area contributed by atoms with Crippen molar-refractivity contribution in [3.05, 3.63) is 126 Å². The first-order valence-corrected chi connectivity index (χ1v) is 26.1. The molecule has 0 aliphatic carbocycles. The van der Waals surface area contributed by atoms with E-state index in [1.165, 1.54) is 18.1 Å². The van der Waals surface area contributed by atoms with Crippen LogP contribution in [0.15, 0.2) is 126 Å². The molecule has 0 radical (unpaired) electrons. The summed E-state index contributed by atoms with van der Waals surface area (Å²) in [5, 5.41) is 1.42. The zero-order valence-electron chi connectivity index (χ0n) is 17.1. The molecular weight excluding hydrogens is 549 g/mol. The van der Waals surface area contributed by atoms with Crippen molar-refractivity contribution in [3.63, 3.8) is 0 Å². The van der Waals surface area contributed by atoms with Gasteiger partial charge in [-0.1, -0.05) is 0 Å². The van der Waals surface area contributed by atoms with Crippen molar-refractivity contribution < 1.29 is 0 Å². The molecule has 0 amide bonds. The van der Waals surface area contributed by atoms with E-state index in [4.69, 9.17) is 0 Å². The molecule has 3 unspecified atom stereocenters. The maximum absolute atomic E-state index is 2.64. The normalized spacial score (nSPS) is 23.3. The average molecular weight is 576 g/mol. The molecule has 0 aromatic heterocycles. The van der Waals surface area contributed by atoms with Crippen molar-refractivity contribution in [2.75, 3.05) is 0 Å². The summed E-state index contributed by atoms with van der Waals surface area (Å²) in [6, 6.07) is 34.6. The van der Waals surface area contributed by atoms with E-state index >= 15 is 0 Å². The summed E-state index contributed by atoms with van der Waals surface area (Å²) in [6.45, 7) is 0. The van der Waals surface area contributed by atoms with Gasteiger partial charge in [0.25, 0.3) is 0 Å². The van der Waals surface area contributed by atoms with Gasteiger partial charge in [0.1, 0.15) is 0 Å². The molecule has 3 atom stereocenters. The number of hydrogen-bond acceptors (Lipinski definition) is 0. The Balaban J connectivity index is 1.87. The summed E-state index contributed by atoms with van der Waals surface area (Å²) in [7, 11) is -1.27. The zero-order chi connectivity index (χ0) is 20.4. The zero-order valence-corrected chi connectivity index (χ0v) is 22.7. The molecule has 4 rings (SSSR count). The quantitative estimate of drug-likeness (QED) is 0.407. The third kappa shape index (κ3) is 5.83. The van der Waals surface area contributed by atoms with Crippen LogP contribution < -0.4 is 13.1 Å². The van der Waals surface area contributed by atoms with Crippen LogP contribution in [0.1, 0.15) is 12.8 Å². The molecule has 0 nitrogen and oxygen atoms in total. The number of hydrogen-bond donors (Lipinski definition) is 0. The van der Waals surface area contributed by atoms with Gasteiger partial charge in [-0.3, -0.25) is 0 Å². The first-order valence-electron chi connectivity index (χ1n) is 10.5. The van der Waals surface area contributed by atoms with Gasteiger partial charge in [0.15, 0.2) is 0 Å². The molecule has 1 aliphatic rings. The van der Waals surface area contributed by atoms with E-state index in [1.807, 2.05) is 0 Å². The Bertz CT molecular complexity index is 978. The van der Waals surface area contributed by atoms with E-state index < -0.39 is 35.7 Å². The SMILES string of the molecule is C1=C/C=C/[As](c2ccccc2)[As](c2ccccc2)[As](c2ccccc2)CCCC=C1. The molecule has 0 fully saturated rings. The Labute approximate surface area is 191 Å². The Morgan fingerprint density at radius 3 is 1.77 bits per heavy atom. The molecule has 1 aliphatic heterocycles. The van der Waals surface area contributed by atoms with Crippen molar-refractivity contribution in [1.29, 1.82) is 0 Å². The molecule has 3 aromatic carbocycles. The Morgan fingerprint density at radius 1 is 0.533 bits per heavy atom. The molecule has 0 saturated heterocycles. The maximum atomic E-state index is 2.64. The van der Waals surface area contributed by atoms with Crippen LogP contribution in [0.25, 0.3) is 0 Å². The van der Waals surface area contributed by atoms with Gasteiger partial charge < -0.3 is 0 Å². The molecule has 1 heterocycles. The summed E-state index contributed by atoms with van der Waals surface area (Å²) in [4.78, 5) is 2.64. The summed E-state index contributed by atoms with van der Waals surface area (Å²) in [6.07, 6.45) is 13.9. The van der Waals surface area contributed by atoms with E-state index in [9.17, 15) is 0 Å². The third-order valence-electron chi connectivity index (χ3n) is 4.93. The van der Waals surface area contributed by atoms with E-state index in [0.29, 0.717) is 0 Å². The van der Waals surface area contributed by atoms with Gasteiger partial charge in [-0.25, -0.2) is 0 Å².